The number of likely N-dealkylation sites (tertiary alicyclic amines) is 1. The number of fused-ring (bicyclic) bond motifs is 1. The van der Waals surface area contributed by atoms with E-state index in [0.29, 0.717) is 53.0 Å². The highest BCUT2D eigenvalue weighted by Gasteiger charge is 2.37. The Hall–Kier alpha value is -9.13. The van der Waals surface area contributed by atoms with Crippen LogP contribution in [0.25, 0.3) is 10.9 Å². The van der Waals surface area contributed by atoms with Crippen molar-refractivity contribution in [2.45, 2.75) is 63.7 Å². The van der Waals surface area contributed by atoms with Gasteiger partial charge in [0.2, 0.25) is 5.91 Å². The summed E-state index contributed by atoms with van der Waals surface area (Å²) < 4.78 is 707. The molecule has 2 amide bonds. The molecule has 9 nitrogen and oxygen atoms in total. The zero-order chi connectivity index (χ0) is 117. The molecule has 5 rings (SSSR count). The number of halogens is 88. The van der Waals surface area contributed by atoms with Gasteiger partial charge in [-0.2, -0.15) is 0 Å². The van der Waals surface area contributed by atoms with E-state index in [4.69, 9.17) is 431 Å². The van der Waals surface area contributed by atoms with Crippen LogP contribution >= 0.6 is 23.2 Å². The molecule has 1 saturated heterocycles. The summed E-state index contributed by atoms with van der Waals surface area (Å²) in [6.07, 6.45) is 5.53. The molecule has 2 aromatic carbocycles. The predicted octanol–water partition coefficient (Wildman–Crippen LogP) is 42.2. The Balaban J connectivity index is -0.0000000220. The molecule has 1 aromatic heterocycles. The van der Waals surface area contributed by atoms with Crippen LogP contribution in [0.15, 0.2) is 42.6 Å². The third-order valence-electron chi connectivity index (χ3n) is 8.72. The monoisotopic (exact) mass is 2280 g/mol. The molecule has 0 spiro atoms. The van der Waals surface area contributed by atoms with Crippen LogP contribution in [-0.2, 0) is 37.3 Å². The topological polar surface area (TPSA) is 99.1 Å². The molecule has 3 aromatic rings. The van der Waals surface area contributed by atoms with E-state index in [-0.39, 0.29) is 48.4 Å². The van der Waals surface area contributed by atoms with Gasteiger partial charge in [-0.05, 0) is 62.8 Å². The average Bonchev–Trinajstić information content (AvgIpc) is 1.64. The van der Waals surface area contributed by atoms with Crippen molar-refractivity contribution in [2.24, 2.45) is 13.0 Å². The molecule has 1 saturated carbocycles. The maximum atomic E-state index is 13.5. The van der Waals surface area contributed by atoms with Crippen LogP contribution in [0.3, 0.4) is 0 Å². The van der Waals surface area contributed by atoms with E-state index in [1.807, 2.05) is 42.8 Å². The van der Waals surface area contributed by atoms with Crippen molar-refractivity contribution in [3.05, 3.63) is 63.8 Å². The highest BCUT2D eigenvalue weighted by molar-refractivity contribution is 6.36. The normalized spacial score (nSPS) is 9.39. The second-order valence-electron chi connectivity index (χ2n) is 11.6. The van der Waals surface area contributed by atoms with Gasteiger partial charge in [-0.3, -0.25) is 14.4 Å². The third kappa shape index (κ3) is 246. The van der Waals surface area contributed by atoms with Crippen molar-refractivity contribution in [2.75, 3.05) is 32.2 Å². The van der Waals surface area contributed by atoms with E-state index in [0.717, 1.165) is 36.6 Å². The molecule has 2 aliphatic rings. The summed E-state index contributed by atoms with van der Waals surface area (Å²) in [5.41, 5.74) is 2.41. The zero-order valence-corrected chi connectivity index (χ0v) is 59.3. The largest absolute Gasteiger partial charge is 0.466 e. The predicted molar refractivity (Wildman–Crippen MR) is 266 cm³/mol. The van der Waals surface area contributed by atoms with Gasteiger partial charge in [0.1, 0.15) is 0 Å². The SMILES string of the molecule is CCOC(=O)C1CCC(OC[C@@H]2C[C@H](OC)CN2C(=O)Cc2cc(Cl)c(NC(=O)c3cn(C)c4ccccc34)cc2Cl)CC1.FF.FF.FF.FF.FF.FF.FF.FF.FF.FF.FF.FF.FF.FF.FF.FF.FF.FF.FF.FF.FF.FF.FF.FF.FF.FF.FF.FF.FF.FF.FF.FF.FF.FF.FF.FF.FF.FF.FF.FF.FF.FF.FF. The van der Waals surface area contributed by atoms with Gasteiger partial charge in [-0.15, -0.1) is 0 Å². The number of nitrogens with zero attached hydrogens (tertiary/aromatic N) is 2. The molecule has 1 N–H and O–H groups in total. The molecule has 1 aliphatic heterocycles. The smallest absolute Gasteiger partial charge is 0.308 e. The minimum absolute atomic E-state index is 0.0455. The number of para-hydroxylation sites is 1. The molecule has 97 heteroatoms. The molecule has 0 bridgehead atoms. The number of aryl methyl sites for hydroxylation is 1. The second-order valence-corrected chi connectivity index (χ2v) is 12.4. The van der Waals surface area contributed by atoms with E-state index >= 15 is 0 Å². The molecule has 0 unspecified atom stereocenters. The van der Waals surface area contributed by atoms with Crippen LogP contribution in [0.5, 0.6) is 0 Å². The van der Waals surface area contributed by atoms with Crippen molar-refractivity contribution < 1.29 is 422 Å². The van der Waals surface area contributed by atoms with Gasteiger partial charge in [0.15, 0.2) is 0 Å². The van der Waals surface area contributed by atoms with Crippen LogP contribution in [-0.4, -0.2) is 72.4 Å². The van der Waals surface area contributed by atoms with E-state index in [2.05, 4.69) is 5.32 Å². The molecule has 838 valence electrons. The fourth-order valence-electron chi connectivity index (χ4n) is 6.28. The standard InChI is InChI=1S/C33H39Cl2N3O6.43F2/c1-4-43-33(41)20-9-11-23(12-10-20)44-19-22-15-24(42-3)17-38(22)31(39)14-21-13-28(35)29(16-27(21)34)36-32(40)26-18-37(2)30-8-6-5-7-25(26)30;43*1-2/h5-8,13,16,18,20,22-24H,4,9-12,14-15,17,19H2,1-3H3,(H,36,40);;;;;;;;;;;;;;;;;;;;;;;;;;;;;;;;;;;;;;;;;;;/t20?,22-,23?,24-;;;;;;;;;;;;;;;;;;;;;;;;;;;;;;;;;;;;;;;;;;;/m0.........................................../s1. The van der Waals surface area contributed by atoms with Crippen LogP contribution < -0.4 is 5.32 Å². The zero-order valence-electron chi connectivity index (χ0n) is 57.8. The first kappa shape index (κ1) is 259. The first-order chi connectivity index (χ1) is 64.2. The minimum Gasteiger partial charge on any atom is -0.466 e. The number of ether oxygens (including phenoxy) is 3. The summed E-state index contributed by atoms with van der Waals surface area (Å²) in [6.45, 7) is 3.07. The van der Waals surface area contributed by atoms with Gasteiger partial charge in [0, 0.05) is 436 Å². The van der Waals surface area contributed by atoms with Gasteiger partial charge in [0.05, 0.1) is 60.1 Å². The number of esters is 1. The van der Waals surface area contributed by atoms with Gasteiger partial charge in [0.25, 0.3) is 5.91 Å². The number of nitrogens with one attached hydrogen (secondary N) is 1. The Bertz CT molecular complexity index is 1640. The average molecular weight is 2280 g/mol. The number of rotatable bonds is 10. The fourth-order valence-corrected chi connectivity index (χ4v) is 6.74. The van der Waals surface area contributed by atoms with Crippen LogP contribution in [0.1, 0.15) is 54.9 Å². The molecule has 130 heavy (non-hydrogen) atoms. The lowest BCUT2D eigenvalue weighted by Gasteiger charge is -2.30. The van der Waals surface area contributed by atoms with Gasteiger partial charge in [-0.25, -0.2) is 0 Å². The molecular weight excluding hydrogens is 2240 g/mol. The van der Waals surface area contributed by atoms with Gasteiger partial charge in [-0.1, -0.05) is 41.4 Å². The van der Waals surface area contributed by atoms with Crippen molar-refractivity contribution in [1.82, 2.24) is 9.47 Å². The summed E-state index contributed by atoms with van der Waals surface area (Å²) in [6, 6.07) is 10.8. The van der Waals surface area contributed by atoms with E-state index in [9.17, 15) is 14.4 Å². The van der Waals surface area contributed by atoms with Crippen molar-refractivity contribution >= 4 is 57.6 Å². The number of hydrogen-bond acceptors (Lipinski definition) is 6. The number of carbonyl (C=O) groups excluding carboxylic acids is 3. The van der Waals surface area contributed by atoms with Crippen molar-refractivity contribution in [3.8, 4) is 0 Å². The lowest BCUT2D eigenvalue weighted by Crippen LogP contribution is -2.40. The van der Waals surface area contributed by atoms with Crippen molar-refractivity contribution in [3.63, 3.8) is 0 Å². The Kier molecular flexibility index (Phi) is 974. The number of anilines is 1. The molecule has 2 fully saturated rings. The molecule has 2 atom stereocenters. The quantitative estimate of drug-likeness (QED) is 0.160. The molecule has 1 aliphatic carbocycles. The Morgan fingerprint density at radius 1 is 0.362 bits per heavy atom. The summed E-state index contributed by atoms with van der Waals surface area (Å²) in [5.74, 6) is -0.592. The van der Waals surface area contributed by atoms with Crippen molar-refractivity contribution in [1.29, 1.82) is 0 Å². The third-order valence-corrected chi connectivity index (χ3v) is 9.38. The first-order valence-electron chi connectivity index (χ1n) is 21.3. The lowest BCUT2D eigenvalue weighted by molar-refractivity contribution is -0.150. The minimum atomic E-state index is -0.302. The Morgan fingerprint density at radius 3 is 0.862 bits per heavy atom. The number of methoxy groups -OCH3 is 1. The van der Waals surface area contributed by atoms with E-state index in [1.165, 1.54) is 0 Å². The van der Waals surface area contributed by atoms with Crippen LogP contribution in [0.4, 0.5) is 399 Å². The maximum Gasteiger partial charge on any atom is 0.308 e. The van der Waals surface area contributed by atoms with Crippen LogP contribution in [0, 0.1) is 5.92 Å². The number of carbonyl (C=O) groups is 3. The summed E-state index contributed by atoms with van der Waals surface area (Å²) in [5, 5.41) is 4.33. The fraction of sp³-hybridized carbons (Fsp3) is 0.485. The lowest BCUT2D eigenvalue weighted by atomic mass is 9.87. The summed E-state index contributed by atoms with van der Waals surface area (Å²) >= 11 is 13.2. The number of hydrogen-bond donors (Lipinski definition) is 1. The molecular formula is C33H39Cl2F86N3O6. The first-order valence-corrected chi connectivity index (χ1v) is 22.0. The van der Waals surface area contributed by atoms with Gasteiger partial charge < -0.3 is 29.0 Å². The van der Waals surface area contributed by atoms with E-state index < -0.39 is 0 Å². The van der Waals surface area contributed by atoms with Gasteiger partial charge >= 0.3 is 5.97 Å². The number of amides is 2. The number of benzene rings is 2. The maximum absolute atomic E-state index is 13.5. The Labute approximate surface area is 663 Å². The summed E-state index contributed by atoms with van der Waals surface area (Å²) in [4.78, 5) is 40.6. The number of aromatic nitrogens is 1. The molecule has 2 heterocycles. The second kappa shape index (κ2) is 489. The van der Waals surface area contributed by atoms with E-state index in [1.54, 1.807) is 30.3 Å². The summed E-state index contributed by atoms with van der Waals surface area (Å²) in [7, 11) is 3.54. The van der Waals surface area contributed by atoms with Crippen LogP contribution in [0.2, 0.25) is 10.0 Å². The Morgan fingerprint density at radius 2 is 0.615 bits per heavy atom. The highest BCUT2D eigenvalue weighted by Crippen LogP contribution is 2.33. The molecule has 0 radical (unpaired) electrons. The highest BCUT2D eigenvalue weighted by atomic mass is 35.5.